The summed E-state index contributed by atoms with van der Waals surface area (Å²) in [5.41, 5.74) is 0.573. The molecule has 0 heterocycles. The number of hydrogen-bond acceptors (Lipinski definition) is 4. The molecule has 0 fully saturated rings. The lowest BCUT2D eigenvalue weighted by molar-refractivity contribution is -0.136. The quantitative estimate of drug-likeness (QED) is 0.580. The molecule has 0 aliphatic rings. The van der Waals surface area contributed by atoms with Crippen molar-refractivity contribution in [1.29, 1.82) is 0 Å². The number of nitrogens with one attached hydrogen (secondary N) is 2. The standard InChI is InChI=1S/C13H20N2O4S/c1-2-14-8-3-9-15-20(18,19)12-6-4-11(5-7-12)10-13(16)17/h4-7,14-15H,2-3,8-10H2,1H3,(H,16,17). The second-order valence-electron chi connectivity index (χ2n) is 4.32. The Hall–Kier alpha value is -1.44. The summed E-state index contributed by atoms with van der Waals surface area (Å²) in [5, 5.41) is 11.8. The Labute approximate surface area is 119 Å². The van der Waals surface area contributed by atoms with E-state index in [-0.39, 0.29) is 11.3 Å². The van der Waals surface area contributed by atoms with Crippen LogP contribution in [0, 0.1) is 0 Å². The van der Waals surface area contributed by atoms with Gasteiger partial charge in [-0.2, -0.15) is 0 Å². The largest absolute Gasteiger partial charge is 0.481 e. The summed E-state index contributed by atoms with van der Waals surface area (Å²) in [6, 6.07) is 5.87. The van der Waals surface area contributed by atoms with E-state index in [2.05, 4.69) is 10.0 Å². The number of rotatable bonds is 9. The number of carbonyl (C=O) groups is 1. The van der Waals surface area contributed by atoms with Gasteiger partial charge in [0.1, 0.15) is 0 Å². The van der Waals surface area contributed by atoms with Gasteiger partial charge < -0.3 is 10.4 Å². The molecule has 0 unspecified atom stereocenters. The lowest BCUT2D eigenvalue weighted by Crippen LogP contribution is -2.27. The summed E-state index contributed by atoms with van der Waals surface area (Å²) >= 11 is 0. The molecule has 1 rings (SSSR count). The first kappa shape index (κ1) is 16.6. The molecule has 0 aromatic heterocycles. The molecule has 112 valence electrons. The normalized spacial score (nSPS) is 11.4. The van der Waals surface area contributed by atoms with Crippen molar-refractivity contribution in [3.8, 4) is 0 Å². The van der Waals surface area contributed by atoms with E-state index in [1.165, 1.54) is 24.3 Å². The summed E-state index contributed by atoms with van der Waals surface area (Å²) in [7, 11) is -3.52. The van der Waals surface area contributed by atoms with E-state index < -0.39 is 16.0 Å². The zero-order chi connectivity index (χ0) is 15.0. The van der Waals surface area contributed by atoms with Crippen molar-refractivity contribution < 1.29 is 18.3 Å². The van der Waals surface area contributed by atoms with Crippen LogP contribution in [0.25, 0.3) is 0 Å². The average molecular weight is 300 g/mol. The van der Waals surface area contributed by atoms with Gasteiger partial charge in [-0.15, -0.1) is 0 Å². The highest BCUT2D eigenvalue weighted by Gasteiger charge is 2.13. The number of sulfonamides is 1. The summed E-state index contributed by atoms with van der Waals surface area (Å²) in [6.07, 6.45) is 0.598. The molecule has 20 heavy (non-hydrogen) atoms. The van der Waals surface area contributed by atoms with Gasteiger partial charge in [-0.3, -0.25) is 4.79 Å². The highest BCUT2D eigenvalue weighted by molar-refractivity contribution is 7.89. The van der Waals surface area contributed by atoms with Gasteiger partial charge in [-0.1, -0.05) is 19.1 Å². The molecule has 0 saturated carbocycles. The van der Waals surface area contributed by atoms with Crippen LogP contribution in [-0.2, 0) is 21.2 Å². The maximum absolute atomic E-state index is 12.0. The first-order valence-electron chi connectivity index (χ1n) is 6.47. The van der Waals surface area contributed by atoms with E-state index >= 15 is 0 Å². The Morgan fingerprint density at radius 2 is 1.85 bits per heavy atom. The molecule has 0 atom stereocenters. The third-order valence-corrected chi connectivity index (χ3v) is 4.14. The number of aliphatic carboxylic acids is 1. The average Bonchev–Trinajstić information content (AvgIpc) is 2.38. The van der Waals surface area contributed by atoms with Gasteiger partial charge >= 0.3 is 5.97 Å². The Bertz CT molecular complexity index is 526. The molecule has 3 N–H and O–H groups in total. The maximum atomic E-state index is 12.0. The van der Waals surface area contributed by atoms with Crippen molar-refractivity contribution >= 4 is 16.0 Å². The second kappa shape index (κ2) is 7.98. The first-order chi connectivity index (χ1) is 9.45. The molecular weight excluding hydrogens is 280 g/mol. The van der Waals surface area contributed by atoms with E-state index in [9.17, 15) is 13.2 Å². The SMILES string of the molecule is CCNCCCNS(=O)(=O)c1ccc(CC(=O)O)cc1. The van der Waals surface area contributed by atoms with E-state index in [1.54, 1.807) is 0 Å². The van der Waals surface area contributed by atoms with Gasteiger partial charge in [-0.05, 0) is 37.2 Å². The van der Waals surface area contributed by atoms with Crippen LogP contribution in [-0.4, -0.2) is 39.1 Å². The molecule has 0 saturated heterocycles. The molecule has 0 amide bonds. The molecule has 1 aromatic rings. The molecule has 0 spiro atoms. The smallest absolute Gasteiger partial charge is 0.307 e. The molecule has 0 aliphatic heterocycles. The molecule has 0 aliphatic carbocycles. The van der Waals surface area contributed by atoms with Crippen molar-refractivity contribution in [2.75, 3.05) is 19.6 Å². The minimum absolute atomic E-state index is 0.115. The second-order valence-corrected chi connectivity index (χ2v) is 6.09. The van der Waals surface area contributed by atoms with Crippen molar-refractivity contribution in [2.45, 2.75) is 24.7 Å². The summed E-state index contributed by atoms with van der Waals surface area (Å²) in [5.74, 6) is -0.942. The number of carboxylic acid groups (broad SMARTS) is 1. The van der Waals surface area contributed by atoms with Gasteiger partial charge in [0.15, 0.2) is 0 Å². The summed E-state index contributed by atoms with van der Waals surface area (Å²) < 4.78 is 26.4. The zero-order valence-corrected chi connectivity index (χ0v) is 12.2. The molecule has 7 heteroatoms. The van der Waals surface area contributed by atoms with Crippen LogP contribution in [0.4, 0.5) is 0 Å². The summed E-state index contributed by atoms with van der Waals surface area (Å²) in [6.45, 7) is 3.98. The molecular formula is C13H20N2O4S. The lowest BCUT2D eigenvalue weighted by Gasteiger charge is -2.07. The van der Waals surface area contributed by atoms with Crippen LogP contribution in [0.5, 0.6) is 0 Å². The minimum Gasteiger partial charge on any atom is -0.481 e. The van der Waals surface area contributed by atoms with Crippen molar-refractivity contribution in [3.05, 3.63) is 29.8 Å². The van der Waals surface area contributed by atoms with Crippen LogP contribution >= 0.6 is 0 Å². The fourth-order valence-corrected chi connectivity index (χ4v) is 2.72. The van der Waals surface area contributed by atoms with E-state index in [1.807, 2.05) is 6.92 Å². The number of benzene rings is 1. The topological polar surface area (TPSA) is 95.5 Å². The Balaban J connectivity index is 2.56. The zero-order valence-electron chi connectivity index (χ0n) is 11.4. The van der Waals surface area contributed by atoms with Crippen LogP contribution in [0.1, 0.15) is 18.9 Å². The monoisotopic (exact) mass is 300 g/mol. The molecule has 1 aromatic carbocycles. The fraction of sp³-hybridized carbons (Fsp3) is 0.462. The molecule has 0 bridgehead atoms. The van der Waals surface area contributed by atoms with Crippen LogP contribution in [0.2, 0.25) is 0 Å². The number of carboxylic acids is 1. The predicted molar refractivity (Wildman–Crippen MR) is 76.1 cm³/mol. The minimum atomic E-state index is -3.52. The highest BCUT2D eigenvalue weighted by Crippen LogP contribution is 2.11. The van der Waals surface area contributed by atoms with Gasteiger partial charge in [0.05, 0.1) is 11.3 Å². The van der Waals surface area contributed by atoms with Crippen molar-refractivity contribution in [3.63, 3.8) is 0 Å². The van der Waals surface area contributed by atoms with Crippen LogP contribution < -0.4 is 10.0 Å². The maximum Gasteiger partial charge on any atom is 0.307 e. The Morgan fingerprint density at radius 1 is 1.20 bits per heavy atom. The third kappa shape index (κ3) is 5.68. The van der Waals surface area contributed by atoms with E-state index in [4.69, 9.17) is 5.11 Å². The Morgan fingerprint density at radius 3 is 2.40 bits per heavy atom. The third-order valence-electron chi connectivity index (χ3n) is 2.66. The first-order valence-corrected chi connectivity index (χ1v) is 7.95. The van der Waals surface area contributed by atoms with Gasteiger partial charge in [0.25, 0.3) is 0 Å². The van der Waals surface area contributed by atoms with Crippen molar-refractivity contribution in [1.82, 2.24) is 10.0 Å². The van der Waals surface area contributed by atoms with E-state index in [0.717, 1.165) is 13.1 Å². The van der Waals surface area contributed by atoms with Gasteiger partial charge in [0.2, 0.25) is 10.0 Å². The molecule has 6 nitrogen and oxygen atoms in total. The lowest BCUT2D eigenvalue weighted by atomic mass is 10.2. The molecule has 0 radical (unpaired) electrons. The van der Waals surface area contributed by atoms with Gasteiger partial charge in [0, 0.05) is 6.54 Å². The van der Waals surface area contributed by atoms with Crippen LogP contribution in [0.3, 0.4) is 0 Å². The predicted octanol–water partition coefficient (Wildman–Crippen LogP) is 0.592. The summed E-state index contributed by atoms with van der Waals surface area (Å²) in [4.78, 5) is 10.7. The fourth-order valence-electron chi connectivity index (χ4n) is 1.64. The van der Waals surface area contributed by atoms with Crippen molar-refractivity contribution in [2.24, 2.45) is 0 Å². The highest BCUT2D eigenvalue weighted by atomic mass is 32.2. The van der Waals surface area contributed by atoms with E-state index in [0.29, 0.717) is 18.5 Å². The Kier molecular flexibility index (Phi) is 6.63. The van der Waals surface area contributed by atoms with Crippen LogP contribution in [0.15, 0.2) is 29.2 Å². The van der Waals surface area contributed by atoms with Gasteiger partial charge in [-0.25, -0.2) is 13.1 Å². The number of hydrogen-bond donors (Lipinski definition) is 3.